The van der Waals surface area contributed by atoms with Crippen LogP contribution in [0.5, 0.6) is 0 Å². The number of ketones is 1. The number of carbonyl (C=O) groups excluding carboxylic acids is 3. The molecule has 1 heterocycles. The van der Waals surface area contributed by atoms with Gasteiger partial charge in [0.1, 0.15) is 5.60 Å². The Morgan fingerprint density at radius 1 is 1.06 bits per heavy atom. The number of methoxy groups -OCH3 is 1. The lowest BCUT2D eigenvalue weighted by Gasteiger charge is -2.46. The first-order valence-electron chi connectivity index (χ1n) is 12.3. The van der Waals surface area contributed by atoms with E-state index in [1.165, 1.54) is 18.7 Å². The van der Waals surface area contributed by atoms with Crippen molar-refractivity contribution in [2.45, 2.75) is 117 Å². The first-order chi connectivity index (χ1) is 15.8. The molecule has 0 radical (unpaired) electrons. The van der Waals surface area contributed by atoms with Crippen molar-refractivity contribution in [1.29, 1.82) is 0 Å². The Balaban J connectivity index is 3.61. The zero-order valence-electron chi connectivity index (χ0n) is 22.7. The van der Waals surface area contributed by atoms with Gasteiger partial charge in [-0.2, -0.15) is 0 Å². The summed E-state index contributed by atoms with van der Waals surface area (Å²) in [6, 6.07) is -1.87. The van der Waals surface area contributed by atoms with E-state index in [1.807, 2.05) is 27.7 Å². The number of Topliss-reactive ketones (excluding diaryl/α,β-unsaturated/α-hetero) is 1. The molecule has 1 fully saturated rings. The van der Waals surface area contributed by atoms with Gasteiger partial charge in [-0.1, -0.05) is 13.8 Å². The molecule has 34 heavy (non-hydrogen) atoms. The van der Waals surface area contributed by atoms with Crippen molar-refractivity contribution in [1.82, 2.24) is 10.2 Å². The molecule has 1 aliphatic heterocycles. The molecule has 9 heteroatoms. The Hall–Kier alpha value is -1.71. The number of ether oxygens (including phenoxy) is 4. The number of hydrogen-bond acceptors (Lipinski definition) is 7. The zero-order valence-corrected chi connectivity index (χ0v) is 22.7. The molecule has 0 aliphatic carbocycles. The highest BCUT2D eigenvalue weighted by Crippen LogP contribution is 2.40. The molecule has 0 aromatic rings. The molecule has 9 nitrogen and oxygen atoms in total. The predicted molar refractivity (Wildman–Crippen MR) is 129 cm³/mol. The lowest BCUT2D eigenvalue weighted by atomic mass is 9.79. The van der Waals surface area contributed by atoms with Crippen LogP contribution < -0.4 is 5.32 Å². The fourth-order valence-corrected chi connectivity index (χ4v) is 4.89. The van der Waals surface area contributed by atoms with Crippen molar-refractivity contribution in [3.05, 3.63) is 0 Å². The van der Waals surface area contributed by atoms with Crippen LogP contribution in [0.2, 0.25) is 0 Å². The highest BCUT2D eigenvalue weighted by Gasteiger charge is 2.55. The van der Waals surface area contributed by atoms with E-state index >= 15 is 0 Å². The summed E-state index contributed by atoms with van der Waals surface area (Å²) >= 11 is 0. The van der Waals surface area contributed by atoms with Crippen LogP contribution in [0.4, 0.5) is 4.79 Å². The minimum Gasteiger partial charge on any atom is -0.444 e. The van der Waals surface area contributed by atoms with Crippen molar-refractivity contribution in [3.8, 4) is 0 Å². The van der Waals surface area contributed by atoms with Crippen LogP contribution in [-0.2, 0) is 28.5 Å². The number of nitrogens with zero attached hydrogens (tertiary/aromatic N) is 1. The third kappa shape index (κ3) is 7.65. The summed E-state index contributed by atoms with van der Waals surface area (Å²) in [5, 5.41) is 3.05. The summed E-state index contributed by atoms with van der Waals surface area (Å²) in [5.74, 6) is -0.645. The van der Waals surface area contributed by atoms with Gasteiger partial charge in [0, 0.05) is 26.6 Å². The summed E-state index contributed by atoms with van der Waals surface area (Å²) in [6.07, 6.45) is 0.544. The number of likely N-dealkylation sites (tertiary alicyclic amines) is 1. The van der Waals surface area contributed by atoms with Crippen molar-refractivity contribution in [2.24, 2.45) is 5.92 Å². The summed E-state index contributed by atoms with van der Waals surface area (Å²) in [4.78, 5) is 40.1. The van der Waals surface area contributed by atoms with Crippen LogP contribution in [0.1, 0.15) is 81.6 Å². The Kier molecular flexibility index (Phi) is 11.4. The second-order valence-electron chi connectivity index (χ2n) is 10.0. The average molecular weight is 487 g/mol. The van der Waals surface area contributed by atoms with Gasteiger partial charge >= 0.3 is 6.09 Å². The summed E-state index contributed by atoms with van der Waals surface area (Å²) in [6.45, 7) is 16.7. The van der Waals surface area contributed by atoms with E-state index in [-0.39, 0.29) is 24.2 Å². The molecule has 0 saturated carbocycles. The first-order valence-corrected chi connectivity index (χ1v) is 12.3. The number of hydrogen-bond donors (Lipinski definition) is 1. The predicted octanol–water partition coefficient (Wildman–Crippen LogP) is 3.68. The molecule has 0 spiro atoms. The van der Waals surface area contributed by atoms with Crippen molar-refractivity contribution in [2.75, 3.05) is 20.3 Å². The summed E-state index contributed by atoms with van der Waals surface area (Å²) in [7, 11) is 1.61. The van der Waals surface area contributed by atoms with Gasteiger partial charge < -0.3 is 24.3 Å². The molecule has 1 saturated heterocycles. The highest BCUT2D eigenvalue weighted by atomic mass is 16.7. The van der Waals surface area contributed by atoms with E-state index in [9.17, 15) is 14.4 Å². The highest BCUT2D eigenvalue weighted by molar-refractivity contribution is 5.86. The van der Waals surface area contributed by atoms with Gasteiger partial charge in [0.25, 0.3) is 0 Å². The van der Waals surface area contributed by atoms with Gasteiger partial charge in [0.05, 0.1) is 30.3 Å². The molecule has 0 aromatic heterocycles. The molecule has 0 bridgehead atoms. The lowest BCUT2D eigenvalue weighted by molar-refractivity contribution is -0.143. The third-order valence-electron chi connectivity index (χ3n) is 6.56. The fraction of sp³-hybridized carbons (Fsp3) is 0.880. The topological polar surface area (TPSA) is 103 Å². The quantitative estimate of drug-likeness (QED) is 0.420. The molecule has 1 rings (SSSR count). The van der Waals surface area contributed by atoms with Gasteiger partial charge in [-0.3, -0.25) is 14.5 Å². The smallest absolute Gasteiger partial charge is 0.411 e. The van der Waals surface area contributed by atoms with Crippen molar-refractivity contribution < 1.29 is 33.3 Å². The Morgan fingerprint density at radius 3 is 2.06 bits per heavy atom. The zero-order chi connectivity index (χ0) is 26.3. The second kappa shape index (κ2) is 12.8. The van der Waals surface area contributed by atoms with Gasteiger partial charge in [-0.05, 0) is 60.8 Å². The SMILES string of the molecule is CCOC(C)OCC1CC(C(C)=O)N(C(=O)OC(C)(C)C)C1C(NC(C)=O)C(CC)(CC)OC. The Bertz CT molecular complexity index is 679. The molecule has 1 N–H and O–H groups in total. The number of amides is 2. The molecule has 5 atom stereocenters. The number of nitrogens with one attached hydrogen (secondary N) is 1. The van der Waals surface area contributed by atoms with Crippen molar-refractivity contribution in [3.63, 3.8) is 0 Å². The van der Waals surface area contributed by atoms with Gasteiger partial charge in [0.2, 0.25) is 5.91 Å². The molecular formula is C25H46N2O7. The fourth-order valence-electron chi connectivity index (χ4n) is 4.89. The first kappa shape index (κ1) is 30.3. The number of rotatable bonds is 12. The van der Waals surface area contributed by atoms with Gasteiger partial charge in [-0.15, -0.1) is 0 Å². The molecule has 198 valence electrons. The number of carbonyl (C=O) groups is 3. The van der Waals surface area contributed by atoms with Gasteiger partial charge in [0.15, 0.2) is 12.1 Å². The maximum atomic E-state index is 13.5. The monoisotopic (exact) mass is 486 g/mol. The van der Waals surface area contributed by atoms with Crippen molar-refractivity contribution >= 4 is 17.8 Å². The van der Waals surface area contributed by atoms with E-state index in [4.69, 9.17) is 18.9 Å². The van der Waals surface area contributed by atoms with E-state index < -0.39 is 41.7 Å². The molecule has 5 unspecified atom stereocenters. The lowest BCUT2D eigenvalue weighted by Crippen LogP contribution is -2.65. The van der Waals surface area contributed by atoms with Gasteiger partial charge in [-0.25, -0.2) is 4.79 Å². The average Bonchev–Trinajstić information content (AvgIpc) is 3.11. The minimum absolute atomic E-state index is 0.145. The van der Waals surface area contributed by atoms with Crippen LogP contribution in [-0.4, -0.2) is 78.6 Å². The van der Waals surface area contributed by atoms with Crippen LogP contribution >= 0.6 is 0 Å². The van der Waals surface area contributed by atoms with E-state index in [0.29, 0.717) is 25.9 Å². The summed E-state index contributed by atoms with van der Waals surface area (Å²) < 4.78 is 23.2. The maximum Gasteiger partial charge on any atom is 0.411 e. The normalized spacial score (nSPS) is 22.9. The third-order valence-corrected chi connectivity index (χ3v) is 6.56. The van der Waals surface area contributed by atoms with Crippen LogP contribution in [0, 0.1) is 5.92 Å². The largest absolute Gasteiger partial charge is 0.444 e. The molecular weight excluding hydrogens is 440 g/mol. The van der Waals surface area contributed by atoms with Crippen LogP contribution in [0.3, 0.4) is 0 Å². The standard InChI is InChI=1S/C25H46N2O7/c1-11-25(12-2,31-10)22(26-17(5)29)21-19(15-33-18(6)32-13-3)14-20(16(4)28)27(21)23(30)34-24(7,8)9/h18-22H,11-15H2,1-10H3,(H,26,29). The summed E-state index contributed by atoms with van der Waals surface area (Å²) in [5.41, 5.74) is -1.51. The Morgan fingerprint density at radius 2 is 1.65 bits per heavy atom. The maximum absolute atomic E-state index is 13.5. The minimum atomic E-state index is -0.758. The Labute approximate surface area is 205 Å². The molecule has 1 aliphatic rings. The van der Waals surface area contributed by atoms with E-state index in [0.717, 1.165) is 0 Å². The van der Waals surface area contributed by atoms with Crippen LogP contribution in [0.15, 0.2) is 0 Å². The second-order valence-corrected chi connectivity index (χ2v) is 10.0. The molecule has 2 amide bonds. The van der Waals surface area contributed by atoms with Crippen LogP contribution in [0.25, 0.3) is 0 Å². The molecule has 0 aromatic carbocycles. The van der Waals surface area contributed by atoms with E-state index in [2.05, 4.69) is 5.32 Å². The van der Waals surface area contributed by atoms with E-state index in [1.54, 1.807) is 27.9 Å².